The van der Waals surface area contributed by atoms with Crippen molar-refractivity contribution >= 4 is 22.5 Å². The normalized spacial score (nSPS) is 16.5. The minimum atomic E-state index is -0.171. The summed E-state index contributed by atoms with van der Waals surface area (Å²) in [5.41, 5.74) is 4.67. The summed E-state index contributed by atoms with van der Waals surface area (Å²) in [6.45, 7) is 3.13. The topological polar surface area (TPSA) is 84.0 Å². The number of nitrogens with one attached hydrogen (secondary N) is 3. The highest BCUT2D eigenvalue weighted by Gasteiger charge is 2.17. The molecule has 3 N–H and O–H groups in total. The average molecular weight is 415 g/mol. The number of anilines is 1. The van der Waals surface area contributed by atoms with E-state index in [1.54, 1.807) is 17.1 Å². The number of aromatic nitrogens is 3. The van der Waals surface area contributed by atoms with Gasteiger partial charge in [0, 0.05) is 48.5 Å². The van der Waals surface area contributed by atoms with Gasteiger partial charge in [0.25, 0.3) is 5.91 Å². The van der Waals surface area contributed by atoms with Crippen LogP contribution in [0.4, 0.5) is 5.69 Å². The molecule has 0 aliphatic carbocycles. The largest absolute Gasteiger partial charge is 0.375 e. The second kappa shape index (κ2) is 8.75. The number of hydrogen-bond donors (Lipinski definition) is 3. The molecule has 2 aromatic carbocycles. The fourth-order valence-corrected chi connectivity index (χ4v) is 3.96. The second-order valence-corrected chi connectivity index (χ2v) is 7.84. The van der Waals surface area contributed by atoms with E-state index in [9.17, 15) is 4.79 Å². The molecule has 3 heterocycles. The summed E-state index contributed by atoms with van der Waals surface area (Å²) in [6, 6.07) is 16.0. The van der Waals surface area contributed by atoms with Gasteiger partial charge in [-0.15, -0.1) is 0 Å². The lowest BCUT2D eigenvalue weighted by Gasteiger charge is -2.23. The molecule has 1 amide bonds. The first-order chi connectivity index (χ1) is 15.2. The highest BCUT2D eigenvalue weighted by Crippen LogP contribution is 2.24. The lowest BCUT2D eigenvalue weighted by molar-refractivity contribution is 0.0294. The zero-order valence-electron chi connectivity index (χ0n) is 17.2. The van der Waals surface area contributed by atoms with E-state index in [-0.39, 0.29) is 12.0 Å². The summed E-state index contributed by atoms with van der Waals surface area (Å²) in [5, 5.41) is 11.8. The average Bonchev–Trinajstić information content (AvgIpc) is 3.43. The number of benzene rings is 2. The number of rotatable bonds is 6. The van der Waals surface area contributed by atoms with Crippen molar-refractivity contribution in [3.63, 3.8) is 0 Å². The predicted molar refractivity (Wildman–Crippen MR) is 120 cm³/mol. The van der Waals surface area contributed by atoms with Gasteiger partial charge in [-0.3, -0.25) is 9.48 Å². The molecule has 31 heavy (non-hydrogen) atoms. The van der Waals surface area contributed by atoms with Crippen molar-refractivity contribution in [2.24, 2.45) is 0 Å². The number of carbonyl (C=O) groups excluding carboxylic acids is 1. The Labute approximate surface area is 180 Å². The molecule has 1 aliphatic heterocycles. The van der Waals surface area contributed by atoms with Crippen LogP contribution >= 0.6 is 0 Å². The van der Waals surface area contributed by atoms with Gasteiger partial charge >= 0.3 is 0 Å². The summed E-state index contributed by atoms with van der Waals surface area (Å²) in [7, 11) is 0. The third kappa shape index (κ3) is 4.52. The smallest absolute Gasteiger partial charge is 0.258 e. The van der Waals surface area contributed by atoms with Gasteiger partial charge in [-0.2, -0.15) is 5.10 Å². The molecule has 1 atom stereocenters. The number of ether oxygens (including phenoxy) is 1. The van der Waals surface area contributed by atoms with E-state index in [0.717, 1.165) is 48.3 Å². The van der Waals surface area contributed by atoms with Crippen molar-refractivity contribution in [3.05, 3.63) is 83.8 Å². The quantitative estimate of drug-likeness (QED) is 0.452. The molecule has 0 saturated carbocycles. The van der Waals surface area contributed by atoms with Crippen LogP contribution in [0.25, 0.3) is 10.9 Å². The van der Waals surface area contributed by atoms with E-state index in [2.05, 4.69) is 20.7 Å². The molecule has 2 aromatic heterocycles. The zero-order valence-corrected chi connectivity index (χ0v) is 17.2. The van der Waals surface area contributed by atoms with Gasteiger partial charge in [0.15, 0.2) is 0 Å². The Morgan fingerprint density at radius 3 is 2.97 bits per heavy atom. The molecule has 4 aromatic rings. The Morgan fingerprint density at radius 2 is 2.13 bits per heavy atom. The number of aromatic amines is 1. The molecular formula is C24H25N5O2. The van der Waals surface area contributed by atoms with Crippen molar-refractivity contribution in [1.82, 2.24) is 20.1 Å². The van der Waals surface area contributed by atoms with Crippen LogP contribution in [0.2, 0.25) is 0 Å². The van der Waals surface area contributed by atoms with E-state index in [0.29, 0.717) is 12.1 Å². The Kier molecular flexibility index (Phi) is 5.52. The van der Waals surface area contributed by atoms with Crippen molar-refractivity contribution in [2.75, 3.05) is 25.0 Å². The van der Waals surface area contributed by atoms with Gasteiger partial charge in [0.1, 0.15) is 0 Å². The molecule has 0 radical (unpaired) electrons. The molecule has 7 heteroatoms. The van der Waals surface area contributed by atoms with Crippen LogP contribution in [0.3, 0.4) is 0 Å². The molecule has 1 unspecified atom stereocenters. The highest BCUT2D eigenvalue weighted by molar-refractivity contribution is 6.05. The molecule has 0 spiro atoms. The number of hydrogen-bond acceptors (Lipinski definition) is 4. The Morgan fingerprint density at radius 1 is 1.23 bits per heavy atom. The highest BCUT2D eigenvalue weighted by atomic mass is 16.5. The van der Waals surface area contributed by atoms with Crippen LogP contribution in [0, 0.1) is 0 Å². The minimum absolute atomic E-state index is 0.168. The first-order valence-electron chi connectivity index (χ1n) is 10.5. The maximum atomic E-state index is 12.8. The van der Waals surface area contributed by atoms with Crippen LogP contribution in [0.15, 0.2) is 67.1 Å². The molecule has 0 bridgehead atoms. The van der Waals surface area contributed by atoms with E-state index < -0.39 is 0 Å². The second-order valence-electron chi connectivity index (χ2n) is 7.84. The van der Waals surface area contributed by atoms with Gasteiger partial charge in [0.05, 0.1) is 31.0 Å². The molecular weight excluding hydrogens is 390 g/mol. The van der Waals surface area contributed by atoms with Crippen molar-refractivity contribution in [1.29, 1.82) is 0 Å². The fourth-order valence-electron chi connectivity index (χ4n) is 3.96. The van der Waals surface area contributed by atoms with E-state index in [4.69, 9.17) is 4.74 Å². The van der Waals surface area contributed by atoms with Gasteiger partial charge in [0.2, 0.25) is 0 Å². The van der Waals surface area contributed by atoms with Crippen LogP contribution in [0.5, 0.6) is 0 Å². The lowest BCUT2D eigenvalue weighted by atomic mass is 10.1. The molecule has 1 fully saturated rings. The number of carbonyl (C=O) groups is 1. The first kappa shape index (κ1) is 19.5. The van der Waals surface area contributed by atoms with E-state index >= 15 is 0 Å². The maximum absolute atomic E-state index is 12.8. The third-order valence-electron chi connectivity index (χ3n) is 5.56. The number of nitrogens with zero attached hydrogens (tertiary/aromatic N) is 2. The number of morpholine rings is 1. The van der Waals surface area contributed by atoms with Crippen LogP contribution < -0.4 is 10.6 Å². The third-order valence-corrected chi connectivity index (χ3v) is 5.56. The number of fused-ring (bicyclic) bond motifs is 1. The number of amides is 1. The molecule has 5 rings (SSSR count). The molecule has 7 nitrogen and oxygen atoms in total. The summed E-state index contributed by atoms with van der Waals surface area (Å²) in [4.78, 5) is 16.1. The van der Waals surface area contributed by atoms with Gasteiger partial charge < -0.3 is 20.4 Å². The lowest BCUT2D eigenvalue weighted by Crippen LogP contribution is -2.39. The molecule has 1 aliphatic rings. The number of H-pyrrole nitrogens is 1. The monoisotopic (exact) mass is 415 g/mol. The van der Waals surface area contributed by atoms with Crippen molar-refractivity contribution in [2.45, 2.75) is 19.1 Å². The summed E-state index contributed by atoms with van der Waals surface area (Å²) < 4.78 is 7.62. The van der Waals surface area contributed by atoms with Crippen LogP contribution in [-0.4, -0.2) is 46.5 Å². The zero-order chi connectivity index (χ0) is 21.0. The van der Waals surface area contributed by atoms with Crippen molar-refractivity contribution < 1.29 is 9.53 Å². The fraction of sp³-hybridized carbons (Fsp3) is 0.250. The molecule has 1 saturated heterocycles. The maximum Gasteiger partial charge on any atom is 0.258 e. The van der Waals surface area contributed by atoms with Crippen LogP contribution in [-0.2, 0) is 17.7 Å². The van der Waals surface area contributed by atoms with Crippen LogP contribution in [0.1, 0.15) is 21.5 Å². The Balaban J connectivity index is 1.28. The summed E-state index contributed by atoms with van der Waals surface area (Å²) in [5.74, 6) is -0.171. The first-order valence-corrected chi connectivity index (χ1v) is 10.5. The van der Waals surface area contributed by atoms with Crippen molar-refractivity contribution in [3.8, 4) is 0 Å². The predicted octanol–water partition coefficient (Wildman–Crippen LogP) is 3.20. The van der Waals surface area contributed by atoms with Gasteiger partial charge in [-0.25, -0.2) is 0 Å². The summed E-state index contributed by atoms with van der Waals surface area (Å²) >= 11 is 0. The van der Waals surface area contributed by atoms with E-state index in [1.807, 2.05) is 54.7 Å². The van der Waals surface area contributed by atoms with E-state index in [1.165, 1.54) is 5.56 Å². The Hall–Kier alpha value is -3.42. The minimum Gasteiger partial charge on any atom is -0.375 e. The standard InChI is InChI=1S/C24H25N5O2/c30-24(19-13-27-29(16-19)15-17-4-2-1-3-5-17)28-20-6-7-23-22(11-20)18(12-26-23)10-21-14-25-8-9-31-21/h1-7,11-13,16,21,25-26H,8-10,14-15H2,(H,28,30). The van der Waals surface area contributed by atoms with Gasteiger partial charge in [-0.1, -0.05) is 30.3 Å². The molecule has 158 valence electrons. The SMILES string of the molecule is O=C(Nc1ccc2[nH]cc(CC3CNCCO3)c2c1)c1cnn(Cc2ccccc2)c1. The summed E-state index contributed by atoms with van der Waals surface area (Å²) in [6.07, 6.45) is 6.40. The Bertz CT molecular complexity index is 1180. The van der Waals surface area contributed by atoms with Gasteiger partial charge in [-0.05, 0) is 29.3 Å².